The van der Waals surface area contributed by atoms with Crippen LogP contribution in [0.15, 0.2) is 18.2 Å². The third-order valence-electron chi connectivity index (χ3n) is 3.21. The maximum Gasteiger partial charge on any atom is 0.0547 e. The summed E-state index contributed by atoms with van der Waals surface area (Å²) in [6, 6.07) is 6.34. The van der Waals surface area contributed by atoms with Gasteiger partial charge in [-0.2, -0.15) is 0 Å². The van der Waals surface area contributed by atoms with Crippen molar-refractivity contribution in [1.82, 2.24) is 20.1 Å². The molecule has 0 spiro atoms. The third-order valence-corrected chi connectivity index (χ3v) is 3.21. The Morgan fingerprint density at radius 3 is 2.45 bits per heavy atom. The van der Waals surface area contributed by atoms with Gasteiger partial charge in [-0.15, -0.1) is 0 Å². The van der Waals surface area contributed by atoms with Gasteiger partial charge in [0.1, 0.15) is 0 Å². The highest BCUT2D eigenvalue weighted by atomic mass is 15.2. The monoisotopic (exact) mass is 278 g/mol. The molecule has 0 unspecified atom stereocenters. The molecule has 20 heavy (non-hydrogen) atoms. The lowest BCUT2D eigenvalue weighted by Crippen LogP contribution is -2.32. The first kappa shape index (κ1) is 17.1. The molecule has 0 atom stereocenters. The lowest BCUT2D eigenvalue weighted by molar-refractivity contribution is 0.231. The minimum atomic E-state index is 0.857. The first-order chi connectivity index (χ1) is 9.65. The van der Waals surface area contributed by atoms with Crippen LogP contribution in [0.5, 0.6) is 0 Å². The highest BCUT2D eigenvalue weighted by Gasteiger charge is 2.07. The summed E-state index contributed by atoms with van der Waals surface area (Å²) in [6.45, 7) is 10.5. The van der Waals surface area contributed by atoms with Crippen molar-refractivity contribution in [3.05, 3.63) is 29.6 Å². The Labute approximate surface area is 124 Å². The Balaban J connectivity index is 2.57. The van der Waals surface area contributed by atoms with E-state index in [0.717, 1.165) is 45.0 Å². The van der Waals surface area contributed by atoms with Crippen molar-refractivity contribution < 1.29 is 0 Å². The van der Waals surface area contributed by atoms with Crippen molar-refractivity contribution in [2.45, 2.75) is 33.4 Å². The maximum atomic E-state index is 4.74. The van der Waals surface area contributed by atoms with Crippen LogP contribution in [0, 0.1) is 0 Å². The molecule has 1 aromatic heterocycles. The number of hydrogen-bond acceptors (Lipinski definition) is 4. The van der Waals surface area contributed by atoms with Crippen molar-refractivity contribution in [2.75, 3.05) is 40.3 Å². The van der Waals surface area contributed by atoms with Crippen LogP contribution in [-0.4, -0.2) is 55.1 Å². The second-order valence-corrected chi connectivity index (χ2v) is 5.48. The molecule has 1 rings (SSSR count). The fourth-order valence-corrected chi connectivity index (χ4v) is 2.13. The molecule has 0 saturated carbocycles. The minimum Gasteiger partial charge on any atom is -0.311 e. The zero-order valence-corrected chi connectivity index (χ0v) is 13.5. The van der Waals surface area contributed by atoms with E-state index in [0.29, 0.717) is 0 Å². The standard InChI is InChI=1S/C16H30N4/c1-5-10-20(12-11-19(3)4)14-16-9-7-8-15(18-16)13-17-6-2/h7-9,17H,5-6,10-14H2,1-4H3. The summed E-state index contributed by atoms with van der Waals surface area (Å²) >= 11 is 0. The van der Waals surface area contributed by atoms with Gasteiger partial charge in [0.05, 0.1) is 11.4 Å². The van der Waals surface area contributed by atoms with E-state index in [4.69, 9.17) is 4.98 Å². The molecule has 1 aromatic rings. The largest absolute Gasteiger partial charge is 0.311 e. The van der Waals surface area contributed by atoms with E-state index in [2.05, 4.69) is 61.3 Å². The lowest BCUT2D eigenvalue weighted by atomic mass is 10.2. The molecule has 0 aromatic carbocycles. The van der Waals surface area contributed by atoms with Crippen LogP contribution in [-0.2, 0) is 13.1 Å². The molecule has 0 aliphatic rings. The Morgan fingerprint density at radius 1 is 1.05 bits per heavy atom. The molecule has 0 aliphatic heterocycles. The van der Waals surface area contributed by atoms with Gasteiger partial charge >= 0.3 is 0 Å². The van der Waals surface area contributed by atoms with E-state index in [1.807, 2.05) is 0 Å². The van der Waals surface area contributed by atoms with Crippen LogP contribution in [0.25, 0.3) is 0 Å². The Kier molecular flexibility index (Phi) is 8.42. The molecule has 0 aliphatic carbocycles. The van der Waals surface area contributed by atoms with Crippen LogP contribution < -0.4 is 5.32 Å². The number of nitrogens with one attached hydrogen (secondary N) is 1. The number of pyridine rings is 1. The summed E-state index contributed by atoms with van der Waals surface area (Å²) in [5.41, 5.74) is 2.31. The van der Waals surface area contributed by atoms with Gasteiger partial charge < -0.3 is 10.2 Å². The molecule has 114 valence electrons. The zero-order chi connectivity index (χ0) is 14.8. The van der Waals surface area contributed by atoms with Gasteiger partial charge in [0, 0.05) is 26.2 Å². The molecule has 0 fully saturated rings. The summed E-state index contributed by atoms with van der Waals surface area (Å²) < 4.78 is 0. The van der Waals surface area contributed by atoms with Crippen LogP contribution in [0.4, 0.5) is 0 Å². The van der Waals surface area contributed by atoms with E-state index < -0.39 is 0 Å². The SMILES string of the molecule is CCCN(CCN(C)C)Cc1cccc(CNCC)n1. The molecule has 1 N–H and O–H groups in total. The highest BCUT2D eigenvalue weighted by Crippen LogP contribution is 2.05. The topological polar surface area (TPSA) is 31.4 Å². The molecule has 0 amide bonds. The van der Waals surface area contributed by atoms with E-state index in [9.17, 15) is 0 Å². The van der Waals surface area contributed by atoms with Gasteiger partial charge in [-0.05, 0) is 45.7 Å². The van der Waals surface area contributed by atoms with Gasteiger partial charge in [-0.25, -0.2) is 0 Å². The third kappa shape index (κ3) is 6.98. The molecule has 0 saturated heterocycles. The number of nitrogens with zero attached hydrogens (tertiary/aromatic N) is 3. The van der Waals surface area contributed by atoms with E-state index >= 15 is 0 Å². The average molecular weight is 278 g/mol. The molecular weight excluding hydrogens is 248 g/mol. The second kappa shape index (κ2) is 9.86. The van der Waals surface area contributed by atoms with Crippen molar-refractivity contribution in [1.29, 1.82) is 0 Å². The highest BCUT2D eigenvalue weighted by molar-refractivity contribution is 5.11. The molecule has 1 heterocycles. The summed E-state index contributed by atoms with van der Waals surface area (Å²) in [5, 5.41) is 3.33. The first-order valence-electron chi connectivity index (χ1n) is 7.68. The quantitative estimate of drug-likeness (QED) is 0.709. The van der Waals surface area contributed by atoms with Crippen molar-refractivity contribution in [2.24, 2.45) is 0 Å². The lowest BCUT2D eigenvalue weighted by Gasteiger charge is -2.23. The molecule has 4 nitrogen and oxygen atoms in total. The van der Waals surface area contributed by atoms with Crippen LogP contribution >= 0.6 is 0 Å². The van der Waals surface area contributed by atoms with E-state index in [1.165, 1.54) is 12.1 Å². The van der Waals surface area contributed by atoms with Gasteiger partial charge in [-0.1, -0.05) is 19.9 Å². The summed E-state index contributed by atoms with van der Waals surface area (Å²) in [5.74, 6) is 0. The van der Waals surface area contributed by atoms with Crippen LogP contribution in [0.1, 0.15) is 31.7 Å². The summed E-state index contributed by atoms with van der Waals surface area (Å²) in [4.78, 5) is 9.46. The zero-order valence-electron chi connectivity index (χ0n) is 13.5. The average Bonchev–Trinajstić information content (AvgIpc) is 2.43. The van der Waals surface area contributed by atoms with Gasteiger partial charge in [0.25, 0.3) is 0 Å². The molecule has 4 heteroatoms. The van der Waals surface area contributed by atoms with Crippen molar-refractivity contribution in [3.8, 4) is 0 Å². The van der Waals surface area contributed by atoms with Crippen LogP contribution in [0.2, 0.25) is 0 Å². The van der Waals surface area contributed by atoms with Crippen LogP contribution in [0.3, 0.4) is 0 Å². The van der Waals surface area contributed by atoms with E-state index in [-0.39, 0.29) is 0 Å². The number of hydrogen-bond donors (Lipinski definition) is 1. The van der Waals surface area contributed by atoms with Gasteiger partial charge in [0.2, 0.25) is 0 Å². The fraction of sp³-hybridized carbons (Fsp3) is 0.688. The molecule has 0 radical (unpaired) electrons. The second-order valence-electron chi connectivity index (χ2n) is 5.48. The Morgan fingerprint density at radius 2 is 1.80 bits per heavy atom. The van der Waals surface area contributed by atoms with Crippen molar-refractivity contribution in [3.63, 3.8) is 0 Å². The predicted octanol–water partition coefficient (Wildman–Crippen LogP) is 1.96. The predicted molar refractivity (Wildman–Crippen MR) is 85.7 cm³/mol. The smallest absolute Gasteiger partial charge is 0.0547 e. The number of likely N-dealkylation sites (N-methyl/N-ethyl adjacent to an activating group) is 1. The van der Waals surface area contributed by atoms with E-state index in [1.54, 1.807) is 0 Å². The van der Waals surface area contributed by atoms with Gasteiger partial charge in [-0.3, -0.25) is 9.88 Å². The minimum absolute atomic E-state index is 0.857. The maximum absolute atomic E-state index is 4.74. The number of aromatic nitrogens is 1. The molecular formula is C16H30N4. The first-order valence-corrected chi connectivity index (χ1v) is 7.68. The fourth-order valence-electron chi connectivity index (χ4n) is 2.13. The Bertz CT molecular complexity index is 365. The normalized spacial score (nSPS) is 11.5. The van der Waals surface area contributed by atoms with Crippen molar-refractivity contribution >= 4 is 0 Å². The Hall–Kier alpha value is -0.970. The summed E-state index contributed by atoms with van der Waals surface area (Å²) in [7, 11) is 4.25. The number of rotatable bonds is 10. The molecule has 0 bridgehead atoms. The summed E-state index contributed by atoms with van der Waals surface area (Å²) in [6.07, 6.45) is 1.19. The van der Waals surface area contributed by atoms with Gasteiger partial charge in [0.15, 0.2) is 0 Å².